The van der Waals surface area contributed by atoms with Gasteiger partial charge in [0.25, 0.3) is 0 Å². The Morgan fingerprint density at radius 1 is 0.844 bits per heavy atom. The molecule has 0 radical (unpaired) electrons. The summed E-state index contributed by atoms with van der Waals surface area (Å²) in [7, 11) is 0. The molecule has 0 rings (SSSR count). The van der Waals surface area contributed by atoms with Crippen LogP contribution in [-0.2, 0) is 19.2 Å². The van der Waals surface area contributed by atoms with Gasteiger partial charge in [-0.15, -0.1) is 0 Å². The molecule has 6 atom stereocenters. The first kappa shape index (κ1) is 30.2. The normalized spacial score (nSPS) is 16.9. The van der Waals surface area contributed by atoms with Gasteiger partial charge in [0.15, 0.2) is 0 Å². The number of nitrogens with two attached hydrogens (primary N) is 1. The molecule has 0 aromatic rings. The van der Waals surface area contributed by atoms with Crippen molar-refractivity contribution in [3.05, 3.63) is 0 Å². The van der Waals surface area contributed by atoms with Crippen LogP contribution in [0.1, 0.15) is 60.8 Å². The lowest BCUT2D eigenvalue weighted by Crippen LogP contribution is -2.59. The van der Waals surface area contributed by atoms with Crippen molar-refractivity contribution in [1.29, 1.82) is 0 Å². The van der Waals surface area contributed by atoms with Crippen LogP contribution in [-0.4, -0.2) is 65.0 Å². The summed E-state index contributed by atoms with van der Waals surface area (Å²) >= 11 is 1.54. The van der Waals surface area contributed by atoms with E-state index in [1.165, 1.54) is 11.8 Å². The van der Waals surface area contributed by atoms with E-state index in [4.69, 9.17) is 5.73 Å². The van der Waals surface area contributed by atoms with Crippen LogP contribution < -0.4 is 21.7 Å². The maximum absolute atomic E-state index is 13.1. The smallest absolute Gasteiger partial charge is 0.326 e. The Morgan fingerprint density at radius 3 is 1.81 bits per heavy atom. The number of carbonyl (C=O) groups is 4. The Bertz CT molecular complexity index is 631. The van der Waals surface area contributed by atoms with E-state index in [1.807, 2.05) is 34.0 Å². The maximum atomic E-state index is 13.1. The Morgan fingerprint density at radius 2 is 1.38 bits per heavy atom. The van der Waals surface area contributed by atoms with Crippen molar-refractivity contribution < 1.29 is 24.3 Å². The van der Waals surface area contributed by atoms with Crippen molar-refractivity contribution >= 4 is 35.5 Å². The first-order chi connectivity index (χ1) is 14.9. The van der Waals surface area contributed by atoms with Gasteiger partial charge in [0.1, 0.15) is 18.1 Å². The van der Waals surface area contributed by atoms with E-state index in [9.17, 15) is 24.3 Å². The van der Waals surface area contributed by atoms with Crippen molar-refractivity contribution in [3.63, 3.8) is 0 Å². The minimum atomic E-state index is -1.13. The van der Waals surface area contributed by atoms with Crippen molar-refractivity contribution in [2.75, 3.05) is 12.0 Å². The number of carboxylic acid groups (broad SMARTS) is 1. The molecule has 3 amide bonds. The molecule has 0 aromatic carbocycles. The standard InChI is InChI=1S/C22H42N4O5S/c1-8-13(5)16(23)20(28)24-15(10-11-32-7)19(27)26-18(14(6)9-2)21(29)25-17(12(3)4)22(30)31/h12-18H,8-11,23H2,1-7H3,(H,24,28)(H,25,29)(H,26,27)(H,30,31). The molecule has 0 saturated heterocycles. The van der Waals surface area contributed by atoms with E-state index in [0.717, 1.165) is 6.42 Å². The third kappa shape index (κ3) is 9.77. The van der Waals surface area contributed by atoms with Gasteiger partial charge < -0.3 is 26.8 Å². The van der Waals surface area contributed by atoms with Gasteiger partial charge in [-0.05, 0) is 36.2 Å². The Hall–Kier alpha value is -1.81. The molecule has 0 aliphatic rings. The fourth-order valence-electron chi connectivity index (χ4n) is 3.00. The molecular weight excluding hydrogens is 432 g/mol. The van der Waals surface area contributed by atoms with Crippen LogP contribution in [0.4, 0.5) is 0 Å². The molecule has 6 N–H and O–H groups in total. The summed E-state index contributed by atoms with van der Waals surface area (Å²) in [6.45, 7) is 10.9. The second-order valence-corrected chi connectivity index (χ2v) is 9.68. The van der Waals surface area contributed by atoms with Crippen molar-refractivity contribution in [2.45, 2.75) is 85.0 Å². The third-order valence-corrected chi connectivity index (χ3v) is 6.47. The van der Waals surface area contributed by atoms with E-state index in [0.29, 0.717) is 18.6 Å². The lowest BCUT2D eigenvalue weighted by Gasteiger charge is -2.29. The first-order valence-corrected chi connectivity index (χ1v) is 12.7. The summed E-state index contributed by atoms with van der Waals surface area (Å²) in [5, 5.41) is 17.4. The third-order valence-electron chi connectivity index (χ3n) is 5.83. The summed E-state index contributed by atoms with van der Waals surface area (Å²) < 4.78 is 0. The molecule has 0 saturated carbocycles. The summed E-state index contributed by atoms with van der Waals surface area (Å²) in [5.41, 5.74) is 6.01. The molecule has 32 heavy (non-hydrogen) atoms. The quantitative estimate of drug-likeness (QED) is 0.240. The molecule has 9 nitrogen and oxygen atoms in total. The molecule has 186 valence electrons. The van der Waals surface area contributed by atoms with E-state index in [-0.39, 0.29) is 17.8 Å². The molecule has 10 heteroatoms. The summed E-state index contributed by atoms with van der Waals surface area (Å²) in [6.07, 6.45) is 3.60. The Kier molecular flexibility index (Phi) is 14.2. The first-order valence-electron chi connectivity index (χ1n) is 11.3. The molecule has 0 aliphatic carbocycles. The van der Waals surface area contributed by atoms with Crippen LogP contribution in [0.3, 0.4) is 0 Å². The van der Waals surface area contributed by atoms with E-state index in [1.54, 1.807) is 13.8 Å². The Balaban J connectivity index is 5.54. The highest BCUT2D eigenvalue weighted by atomic mass is 32.2. The fourth-order valence-corrected chi connectivity index (χ4v) is 3.47. The largest absolute Gasteiger partial charge is 0.480 e. The van der Waals surface area contributed by atoms with E-state index in [2.05, 4.69) is 16.0 Å². The van der Waals surface area contributed by atoms with Crippen LogP contribution >= 0.6 is 11.8 Å². The van der Waals surface area contributed by atoms with Gasteiger partial charge in [0.05, 0.1) is 6.04 Å². The number of aliphatic carboxylic acids is 1. The van der Waals surface area contributed by atoms with Crippen LogP contribution in [0.25, 0.3) is 0 Å². The maximum Gasteiger partial charge on any atom is 0.326 e. The topological polar surface area (TPSA) is 151 Å². The highest BCUT2D eigenvalue weighted by Crippen LogP contribution is 2.12. The molecule has 0 bridgehead atoms. The molecule has 0 aliphatic heterocycles. The molecule has 6 unspecified atom stereocenters. The zero-order valence-corrected chi connectivity index (χ0v) is 21.3. The number of hydrogen-bond donors (Lipinski definition) is 5. The average molecular weight is 475 g/mol. The minimum Gasteiger partial charge on any atom is -0.480 e. The number of nitrogens with one attached hydrogen (secondary N) is 3. The molecule has 0 fully saturated rings. The highest BCUT2D eigenvalue weighted by Gasteiger charge is 2.33. The number of carbonyl (C=O) groups excluding carboxylic acids is 3. The van der Waals surface area contributed by atoms with Gasteiger partial charge in [-0.25, -0.2) is 4.79 Å². The molecule has 0 aromatic heterocycles. The van der Waals surface area contributed by atoms with Crippen molar-refractivity contribution in [1.82, 2.24) is 16.0 Å². The number of amides is 3. The van der Waals surface area contributed by atoms with E-state index >= 15 is 0 Å². The monoisotopic (exact) mass is 474 g/mol. The van der Waals surface area contributed by atoms with Crippen LogP contribution in [0.15, 0.2) is 0 Å². The number of carboxylic acids is 1. The van der Waals surface area contributed by atoms with Crippen LogP contribution in [0, 0.1) is 17.8 Å². The number of hydrogen-bond acceptors (Lipinski definition) is 6. The lowest BCUT2D eigenvalue weighted by atomic mass is 9.96. The Labute approximate surface area is 196 Å². The summed E-state index contributed by atoms with van der Waals surface area (Å²) in [6, 6.07) is -3.57. The fraction of sp³-hybridized carbons (Fsp3) is 0.818. The van der Waals surface area contributed by atoms with E-state index < -0.39 is 47.9 Å². The molecule has 0 spiro atoms. The zero-order chi connectivity index (χ0) is 25.0. The molecular formula is C22H42N4O5S. The SMILES string of the molecule is CCC(C)C(N)C(=O)NC(CCSC)C(=O)NC(C(=O)NC(C(=O)O)C(C)C)C(C)CC. The van der Waals surface area contributed by atoms with Crippen LogP contribution in [0.5, 0.6) is 0 Å². The zero-order valence-electron chi connectivity index (χ0n) is 20.4. The van der Waals surface area contributed by atoms with Gasteiger partial charge in [-0.3, -0.25) is 14.4 Å². The number of thioether (sulfide) groups is 1. The predicted molar refractivity (Wildman–Crippen MR) is 128 cm³/mol. The second kappa shape index (κ2) is 15.1. The minimum absolute atomic E-state index is 0.0399. The highest BCUT2D eigenvalue weighted by molar-refractivity contribution is 7.98. The average Bonchev–Trinajstić information content (AvgIpc) is 2.75. The molecule has 0 heterocycles. The predicted octanol–water partition coefficient (Wildman–Crippen LogP) is 1.35. The van der Waals surface area contributed by atoms with Crippen molar-refractivity contribution in [3.8, 4) is 0 Å². The van der Waals surface area contributed by atoms with Gasteiger partial charge in [-0.2, -0.15) is 11.8 Å². The summed E-state index contributed by atoms with van der Waals surface area (Å²) in [4.78, 5) is 50.0. The second-order valence-electron chi connectivity index (χ2n) is 8.69. The van der Waals surface area contributed by atoms with Crippen LogP contribution in [0.2, 0.25) is 0 Å². The lowest BCUT2D eigenvalue weighted by molar-refractivity contribution is -0.144. The number of rotatable bonds is 15. The summed E-state index contributed by atoms with van der Waals surface area (Å²) in [5.74, 6) is -2.55. The van der Waals surface area contributed by atoms with Gasteiger partial charge in [-0.1, -0.05) is 54.4 Å². The van der Waals surface area contributed by atoms with Gasteiger partial charge >= 0.3 is 5.97 Å². The van der Waals surface area contributed by atoms with Gasteiger partial charge in [0.2, 0.25) is 17.7 Å². The van der Waals surface area contributed by atoms with Gasteiger partial charge in [0, 0.05) is 0 Å². The van der Waals surface area contributed by atoms with Crippen molar-refractivity contribution in [2.24, 2.45) is 23.5 Å².